The van der Waals surface area contributed by atoms with Crippen LogP contribution in [0.1, 0.15) is 50.3 Å². The third-order valence-corrected chi connectivity index (χ3v) is 7.97. The Bertz CT molecular complexity index is 1200. The molecular formula is C30H41N4O3+. The number of nitrogens with zero attached hydrogens (tertiary/aromatic N) is 3. The molecule has 3 N–H and O–H groups in total. The van der Waals surface area contributed by atoms with Crippen LogP contribution in [0.25, 0.3) is 10.8 Å². The zero-order chi connectivity index (χ0) is 26.5. The summed E-state index contributed by atoms with van der Waals surface area (Å²) in [5, 5.41) is 13.7. The number of aryl methyl sites for hydroxylation is 1. The molecule has 1 fully saturated rings. The van der Waals surface area contributed by atoms with Gasteiger partial charge in [0.05, 0.1) is 14.1 Å². The van der Waals surface area contributed by atoms with Crippen LogP contribution in [-0.2, 0) is 17.6 Å². The molecular weight excluding hydrogens is 464 g/mol. The predicted molar refractivity (Wildman–Crippen MR) is 146 cm³/mol. The summed E-state index contributed by atoms with van der Waals surface area (Å²) in [6, 6.07) is 14.0. The van der Waals surface area contributed by atoms with E-state index in [4.69, 9.17) is 15.5 Å². The fourth-order valence-electron chi connectivity index (χ4n) is 5.88. The number of unbranched alkanes of at least 4 members (excludes halogenated alkanes) is 1. The normalized spacial score (nSPS) is 22.2. The van der Waals surface area contributed by atoms with Crippen LogP contribution in [0.2, 0.25) is 0 Å². The third-order valence-electron chi connectivity index (χ3n) is 7.97. The molecule has 1 aromatic carbocycles. The topological polar surface area (TPSA) is 98.3 Å². The van der Waals surface area contributed by atoms with E-state index in [1.54, 1.807) is 6.20 Å². The summed E-state index contributed by atoms with van der Waals surface area (Å²) in [5.41, 5.74) is 6.41. The first-order chi connectivity index (χ1) is 17.7. The minimum Gasteiger partial charge on any atom is -0.471 e. The van der Waals surface area contributed by atoms with Gasteiger partial charge in [-0.05, 0) is 67.2 Å². The smallest absolute Gasteiger partial charge is 0.255 e. The van der Waals surface area contributed by atoms with Gasteiger partial charge in [0.15, 0.2) is 5.60 Å². The van der Waals surface area contributed by atoms with E-state index in [9.17, 15) is 9.90 Å². The van der Waals surface area contributed by atoms with Gasteiger partial charge in [-0.15, -0.1) is 0 Å². The number of hydrogen-bond acceptors (Lipinski definition) is 5. The van der Waals surface area contributed by atoms with Crippen LogP contribution in [0.3, 0.4) is 0 Å². The molecule has 0 radical (unpaired) electrons. The maximum atomic E-state index is 12.6. The summed E-state index contributed by atoms with van der Waals surface area (Å²) in [6.45, 7) is 3.21. The molecule has 0 bridgehead atoms. The average Bonchev–Trinajstić information content (AvgIpc) is 2.87. The lowest BCUT2D eigenvalue weighted by atomic mass is 9.71. The van der Waals surface area contributed by atoms with E-state index in [-0.39, 0.29) is 12.0 Å². The SMILES string of the molecule is CCCCc1cc2ccccc2c(OCC[N+](C)(C)[C@H]2CCC(Cc3cccnc3)C[C@@]2(O)C(N)=O)n1. The lowest BCUT2D eigenvalue weighted by Gasteiger charge is -2.49. The number of aliphatic hydroxyl groups is 1. The second-order valence-electron chi connectivity index (χ2n) is 11.1. The van der Waals surface area contributed by atoms with Crippen molar-refractivity contribution in [3.05, 3.63) is 66.1 Å². The Hall–Kier alpha value is -3.03. The van der Waals surface area contributed by atoms with Crippen molar-refractivity contribution >= 4 is 16.7 Å². The van der Waals surface area contributed by atoms with Gasteiger partial charge in [0.25, 0.3) is 5.91 Å². The van der Waals surface area contributed by atoms with Gasteiger partial charge in [0.2, 0.25) is 5.88 Å². The molecule has 37 heavy (non-hydrogen) atoms. The summed E-state index contributed by atoms with van der Waals surface area (Å²) < 4.78 is 6.70. The van der Waals surface area contributed by atoms with Crippen LogP contribution in [0.5, 0.6) is 5.88 Å². The molecule has 1 amide bonds. The lowest BCUT2D eigenvalue weighted by Crippen LogP contribution is -2.68. The van der Waals surface area contributed by atoms with Crippen LogP contribution in [0.15, 0.2) is 54.9 Å². The number of primary amides is 1. The number of pyridine rings is 2. The molecule has 4 rings (SSSR count). The first-order valence-corrected chi connectivity index (χ1v) is 13.5. The largest absolute Gasteiger partial charge is 0.471 e. The van der Waals surface area contributed by atoms with Crippen LogP contribution >= 0.6 is 0 Å². The summed E-state index contributed by atoms with van der Waals surface area (Å²) in [7, 11) is 4.10. The van der Waals surface area contributed by atoms with Crippen molar-refractivity contribution in [2.75, 3.05) is 27.2 Å². The monoisotopic (exact) mass is 505 g/mol. The van der Waals surface area contributed by atoms with E-state index in [0.717, 1.165) is 54.1 Å². The van der Waals surface area contributed by atoms with Gasteiger partial charge in [-0.3, -0.25) is 9.78 Å². The van der Waals surface area contributed by atoms with Crippen LogP contribution in [0, 0.1) is 5.92 Å². The number of rotatable bonds is 11. The first kappa shape index (κ1) is 27.0. The van der Waals surface area contributed by atoms with Gasteiger partial charge in [-0.25, -0.2) is 4.98 Å². The van der Waals surface area contributed by atoms with Crippen LogP contribution in [-0.4, -0.2) is 64.4 Å². The Morgan fingerprint density at radius 2 is 2.03 bits per heavy atom. The van der Waals surface area contributed by atoms with E-state index in [1.165, 1.54) is 0 Å². The predicted octanol–water partition coefficient (Wildman–Crippen LogP) is 4.06. The third kappa shape index (κ3) is 6.28. The summed E-state index contributed by atoms with van der Waals surface area (Å²) in [5.74, 6) is 0.182. The van der Waals surface area contributed by atoms with Gasteiger partial charge in [-0.1, -0.05) is 37.6 Å². The molecule has 198 valence electrons. The van der Waals surface area contributed by atoms with Crippen molar-refractivity contribution in [1.82, 2.24) is 9.97 Å². The fourth-order valence-corrected chi connectivity index (χ4v) is 5.88. The molecule has 1 aliphatic carbocycles. The molecule has 1 aliphatic rings. The van der Waals surface area contributed by atoms with Crippen LogP contribution in [0.4, 0.5) is 0 Å². The van der Waals surface area contributed by atoms with Crippen molar-refractivity contribution < 1.29 is 19.1 Å². The Kier molecular flexibility index (Phi) is 8.45. The number of quaternary nitrogens is 1. The van der Waals surface area contributed by atoms with Crippen LogP contribution < -0.4 is 10.5 Å². The van der Waals surface area contributed by atoms with Gasteiger partial charge < -0.3 is 20.1 Å². The number of likely N-dealkylation sites (N-methyl/N-ethyl adjacent to an activating group) is 1. The van der Waals surface area contributed by atoms with E-state index >= 15 is 0 Å². The van der Waals surface area contributed by atoms with Crippen molar-refractivity contribution in [2.45, 2.75) is 63.5 Å². The van der Waals surface area contributed by atoms with Crippen molar-refractivity contribution in [1.29, 1.82) is 0 Å². The lowest BCUT2D eigenvalue weighted by molar-refractivity contribution is -0.922. The highest BCUT2D eigenvalue weighted by molar-refractivity contribution is 5.87. The van der Waals surface area contributed by atoms with E-state index in [0.29, 0.717) is 36.4 Å². The molecule has 1 unspecified atom stereocenters. The zero-order valence-corrected chi connectivity index (χ0v) is 22.4. The highest BCUT2D eigenvalue weighted by Crippen LogP contribution is 2.39. The number of nitrogens with two attached hydrogens (primary N) is 1. The van der Waals surface area contributed by atoms with E-state index < -0.39 is 11.5 Å². The van der Waals surface area contributed by atoms with Gasteiger partial charge in [0.1, 0.15) is 19.2 Å². The number of aromatic nitrogens is 2. The molecule has 1 saturated carbocycles. The number of hydrogen-bond donors (Lipinski definition) is 2. The quantitative estimate of drug-likeness (QED) is 0.383. The minimum atomic E-state index is -1.57. The number of carbonyl (C=O) groups excluding carboxylic acids is 1. The number of amides is 1. The van der Waals surface area contributed by atoms with Gasteiger partial charge >= 0.3 is 0 Å². The number of carbonyl (C=O) groups is 1. The molecule has 7 heteroatoms. The van der Waals surface area contributed by atoms with Crippen molar-refractivity contribution in [3.8, 4) is 5.88 Å². The second kappa shape index (κ2) is 11.6. The molecule has 2 heterocycles. The van der Waals surface area contributed by atoms with E-state index in [2.05, 4.69) is 24.0 Å². The highest BCUT2D eigenvalue weighted by atomic mass is 16.5. The van der Waals surface area contributed by atoms with Gasteiger partial charge in [0, 0.05) is 29.9 Å². The first-order valence-electron chi connectivity index (χ1n) is 13.5. The Morgan fingerprint density at radius 1 is 1.22 bits per heavy atom. The number of fused-ring (bicyclic) bond motifs is 1. The fraction of sp³-hybridized carbons (Fsp3) is 0.500. The molecule has 2 aromatic heterocycles. The number of ether oxygens (including phenoxy) is 1. The average molecular weight is 506 g/mol. The maximum absolute atomic E-state index is 12.6. The standard InChI is InChI=1S/C30H40N4O3/c1-4-5-11-25-19-24-10-6-7-12-26(24)28(33-25)37-17-16-34(2,3)27-14-13-22(20-30(27,36)29(31)35)18-23-9-8-15-32-21-23/h6-10,12,15,19,21-22,27,36H,4-5,11,13-14,16-18,20H2,1-3H3,(H-,31,35)/p+1/t22?,27-,30-/m0/s1. The Morgan fingerprint density at radius 3 is 2.76 bits per heavy atom. The summed E-state index contributed by atoms with van der Waals surface area (Å²) in [6.07, 6.45) is 9.49. The molecule has 0 aliphatic heterocycles. The minimum absolute atomic E-state index is 0.177. The molecule has 7 nitrogen and oxygen atoms in total. The molecule has 0 spiro atoms. The van der Waals surface area contributed by atoms with Crippen molar-refractivity contribution in [3.63, 3.8) is 0 Å². The molecule has 0 saturated heterocycles. The van der Waals surface area contributed by atoms with Gasteiger partial charge in [-0.2, -0.15) is 0 Å². The summed E-state index contributed by atoms with van der Waals surface area (Å²) in [4.78, 5) is 21.6. The maximum Gasteiger partial charge on any atom is 0.255 e. The Labute approximate surface area is 220 Å². The van der Waals surface area contributed by atoms with E-state index in [1.807, 2.05) is 50.6 Å². The molecule has 3 aromatic rings. The molecule has 3 atom stereocenters. The Balaban J connectivity index is 1.45. The number of benzene rings is 1. The van der Waals surface area contributed by atoms with Crippen molar-refractivity contribution in [2.24, 2.45) is 11.7 Å². The zero-order valence-electron chi connectivity index (χ0n) is 22.4. The summed E-state index contributed by atoms with van der Waals surface area (Å²) >= 11 is 0. The second-order valence-corrected chi connectivity index (χ2v) is 11.1. The highest BCUT2D eigenvalue weighted by Gasteiger charge is 2.54.